The molecule has 0 aliphatic carbocycles. The molecule has 0 radical (unpaired) electrons. The van der Waals surface area contributed by atoms with Crippen LogP contribution in [-0.2, 0) is 0 Å². The van der Waals surface area contributed by atoms with Gasteiger partial charge in [0.15, 0.2) is 0 Å². The number of amides is 1. The fourth-order valence-corrected chi connectivity index (χ4v) is 2.11. The number of nitrogens with one attached hydrogen (secondary N) is 1. The summed E-state index contributed by atoms with van der Waals surface area (Å²) in [6.45, 7) is 0. The molecule has 5 nitrogen and oxygen atoms in total. The van der Waals surface area contributed by atoms with Crippen LogP contribution in [0, 0.1) is 0 Å². The number of nitrogens with zero attached hydrogens (tertiary/aromatic N) is 3. The molecular weight excluding hydrogens is 343 g/mol. The van der Waals surface area contributed by atoms with Crippen LogP contribution < -0.4 is 5.32 Å². The third-order valence-corrected chi connectivity index (χ3v) is 2.90. The number of thiocarbonyl (C=S) groups is 1. The fraction of sp³-hybridized carbons (Fsp3) is 0. The van der Waals surface area contributed by atoms with Crippen molar-refractivity contribution in [2.75, 3.05) is 5.32 Å². The first-order chi connectivity index (χ1) is 9.47. The van der Waals surface area contributed by atoms with Gasteiger partial charge >= 0.3 is 0 Å². The van der Waals surface area contributed by atoms with Crippen molar-refractivity contribution < 1.29 is 4.79 Å². The first-order valence-electron chi connectivity index (χ1n) is 5.12. The lowest BCUT2D eigenvalue weighted by Crippen LogP contribution is -2.14. The molecule has 2 aromatic rings. The number of rotatable bonds is 3. The first kappa shape index (κ1) is 15.1. The van der Waals surface area contributed by atoms with Gasteiger partial charge in [-0.15, -0.1) is 0 Å². The Balaban J connectivity index is 2.27. The Labute approximate surface area is 134 Å². The number of carbonyl (C=O) groups is 1. The van der Waals surface area contributed by atoms with Crippen LogP contribution in [0.5, 0.6) is 0 Å². The van der Waals surface area contributed by atoms with E-state index in [4.69, 9.17) is 47.0 Å². The Hall–Kier alpha value is -1.34. The molecule has 0 bridgehead atoms. The van der Waals surface area contributed by atoms with Gasteiger partial charge in [-0.05, 0) is 23.7 Å². The molecule has 0 fully saturated rings. The fourth-order valence-electron chi connectivity index (χ4n) is 1.34. The summed E-state index contributed by atoms with van der Waals surface area (Å²) in [7, 11) is 0. The summed E-state index contributed by atoms with van der Waals surface area (Å²) in [6, 6.07) is 4.25. The maximum Gasteiger partial charge on any atom is 0.257 e. The molecule has 20 heavy (non-hydrogen) atoms. The maximum atomic E-state index is 12.0. The highest BCUT2D eigenvalue weighted by Crippen LogP contribution is 2.16. The molecule has 0 unspecified atom stereocenters. The second-order valence-corrected chi connectivity index (χ2v) is 4.87. The van der Waals surface area contributed by atoms with Crippen molar-refractivity contribution in [3.05, 3.63) is 45.0 Å². The number of halogens is 3. The zero-order valence-corrected chi connectivity index (χ0v) is 12.7. The lowest BCUT2D eigenvalue weighted by Gasteiger charge is -2.06. The first-order valence-corrected chi connectivity index (χ1v) is 6.72. The molecule has 0 atom stereocenters. The number of hydrogen-bond acceptors (Lipinski definition) is 5. The second-order valence-electron chi connectivity index (χ2n) is 3.52. The third kappa shape index (κ3) is 3.83. The van der Waals surface area contributed by atoms with E-state index >= 15 is 0 Å². The highest BCUT2D eigenvalue weighted by Gasteiger charge is 2.11. The van der Waals surface area contributed by atoms with Gasteiger partial charge in [0, 0.05) is 17.0 Å². The Kier molecular flexibility index (Phi) is 4.82. The quantitative estimate of drug-likeness (QED) is 0.523. The minimum Gasteiger partial charge on any atom is -0.306 e. The standard InChI is InChI=1S/C11H5Cl3N4OS/c12-7-1-5(2-8(13)16-7)10(19)17-9-3-6(4-20)15-11(14)18-9/h1-4H,(H,15,17,18,19). The van der Waals surface area contributed by atoms with Crippen molar-refractivity contribution in [2.45, 2.75) is 0 Å². The van der Waals surface area contributed by atoms with Gasteiger partial charge in [-0.25, -0.2) is 15.0 Å². The molecule has 9 heteroatoms. The number of anilines is 1. The van der Waals surface area contributed by atoms with Crippen LogP contribution in [-0.4, -0.2) is 26.2 Å². The minimum atomic E-state index is -0.457. The van der Waals surface area contributed by atoms with Crippen LogP contribution in [0.3, 0.4) is 0 Å². The van der Waals surface area contributed by atoms with Gasteiger partial charge in [-0.1, -0.05) is 35.4 Å². The van der Waals surface area contributed by atoms with Gasteiger partial charge in [0.1, 0.15) is 16.1 Å². The third-order valence-electron chi connectivity index (χ3n) is 2.11. The zero-order chi connectivity index (χ0) is 14.7. The molecule has 0 aromatic carbocycles. The highest BCUT2D eigenvalue weighted by atomic mass is 35.5. The number of pyridine rings is 1. The molecule has 102 valence electrons. The van der Waals surface area contributed by atoms with Crippen LogP contribution in [0.1, 0.15) is 16.1 Å². The van der Waals surface area contributed by atoms with E-state index in [1.807, 2.05) is 0 Å². The summed E-state index contributed by atoms with van der Waals surface area (Å²) < 4.78 is 0. The molecule has 2 aromatic heterocycles. The lowest BCUT2D eigenvalue weighted by molar-refractivity contribution is 0.102. The Morgan fingerprint density at radius 3 is 2.35 bits per heavy atom. The van der Waals surface area contributed by atoms with Crippen LogP contribution in [0.2, 0.25) is 15.6 Å². The van der Waals surface area contributed by atoms with E-state index in [1.165, 1.54) is 23.6 Å². The number of aromatic nitrogens is 3. The van der Waals surface area contributed by atoms with Crippen molar-refractivity contribution in [1.82, 2.24) is 15.0 Å². The van der Waals surface area contributed by atoms with Gasteiger partial charge in [0.25, 0.3) is 5.91 Å². The average Bonchev–Trinajstić information content (AvgIpc) is 2.36. The Morgan fingerprint density at radius 1 is 1.10 bits per heavy atom. The smallest absolute Gasteiger partial charge is 0.257 e. The molecular formula is C11H5Cl3N4OS. The Morgan fingerprint density at radius 2 is 1.75 bits per heavy atom. The van der Waals surface area contributed by atoms with E-state index in [2.05, 4.69) is 20.3 Å². The van der Waals surface area contributed by atoms with E-state index in [1.54, 1.807) is 0 Å². The monoisotopic (exact) mass is 346 g/mol. The molecule has 0 saturated carbocycles. The molecule has 0 spiro atoms. The van der Waals surface area contributed by atoms with E-state index in [0.717, 1.165) is 0 Å². The normalized spacial score (nSPS) is 10.2. The van der Waals surface area contributed by atoms with Crippen molar-refractivity contribution in [2.24, 2.45) is 0 Å². The summed E-state index contributed by atoms with van der Waals surface area (Å²) >= 11 is 21.9. The molecule has 2 heterocycles. The topological polar surface area (TPSA) is 67.8 Å². The molecule has 1 amide bonds. The van der Waals surface area contributed by atoms with Crippen LogP contribution in [0.4, 0.5) is 5.82 Å². The van der Waals surface area contributed by atoms with Gasteiger partial charge in [-0.3, -0.25) is 4.79 Å². The van der Waals surface area contributed by atoms with Crippen LogP contribution >= 0.6 is 47.0 Å². The number of carbonyl (C=O) groups excluding carboxylic acids is 1. The Bertz CT molecular complexity index is 675. The maximum absolute atomic E-state index is 12.0. The largest absolute Gasteiger partial charge is 0.306 e. The molecule has 0 saturated heterocycles. The SMILES string of the molecule is O=C(Nc1cc(C=S)nc(Cl)n1)c1cc(Cl)nc(Cl)c1. The van der Waals surface area contributed by atoms with E-state index in [-0.39, 0.29) is 27.0 Å². The summed E-state index contributed by atoms with van der Waals surface area (Å²) in [5.74, 6) is -0.239. The molecule has 0 aliphatic heterocycles. The van der Waals surface area contributed by atoms with E-state index < -0.39 is 5.91 Å². The lowest BCUT2D eigenvalue weighted by atomic mass is 10.2. The van der Waals surface area contributed by atoms with Gasteiger partial charge in [0.05, 0.1) is 5.69 Å². The van der Waals surface area contributed by atoms with E-state index in [9.17, 15) is 4.79 Å². The zero-order valence-electron chi connectivity index (χ0n) is 9.60. The van der Waals surface area contributed by atoms with Crippen LogP contribution in [0.15, 0.2) is 18.2 Å². The highest BCUT2D eigenvalue weighted by molar-refractivity contribution is 7.79. The van der Waals surface area contributed by atoms with Gasteiger partial charge in [0.2, 0.25) is 5.28 Å². The van der Waals surface area contributed by atoms with Crippen molar-refractivity contribution in [3.63, 3.8) is 0 Å². The van der Waals surface area contributed by atoms with Crippen molar-refractivity contribution in [3.8, 4) is 0 Å². The van der Waals surface area contributed by atoms with E-state index in [0.29, 0.717) is 5.69 Å². The number of hydrogen-bond donors (Lipinski definition) is 1. The van der Waals surface area contributed by atoms with Crippen LogP contribution in [0.25, 0.3) is 0 Å². The second kappa shape index (κ2) is 6.41. The minimum absolute atomic E-state index is 0.0234. The van der Waals surface area contributed by atoms with Gasteiger partial charge < -0.3 is 5.32 Å². The van der Waals surface area contributed by atoms with Crippen molar-refractivity contribution >= 4 is 64.1 Å². The molecule has 0 aliphatic rings. The van der Waals surface area contributed by atoms with Crippen molar-refractivity contribution in [1.29, 1.82) is 0 Å². The summed E-state index contributed by atoms with van der Waals surface area (Å²) in [4.78, 5) is 23.5. The predicted octanol–water partition coefficient (Wildman–Crippen LogP) is 3.43. The summed E-state index contributed by atoms with van der Waals surface area (Å²) in [5.41, 5.74) is 0.662. The summed E-state index contributed by atoms with van der Waals surface area (Å²) in [6.07, 6.45) is 0. The molecule has 2 rings (SSSR count). The molecule has 1 N–H and O–H groups in total. The summed E-state index contributed by atoms with van der Waals surface area (Å²) in [5, 5.41) is 4.07. The van der Waals surface area contributed by atoms with Gasteiger partial charge in [-0.2, -0.15) is 0 Å². The average molecular weight is 348 g/mol. The predicted molar refractivity (Wildman–Crippen MR) is 82.0 cm³/mol.